The highest BCUT2D eigenvalue weighted by atomic mass is 35.5. The Morgan fingerprint density at radius 2 is 2.00 bits per heavy atom. The molecule has 2 rings (SSSR count). The van der Waals surface area contributed by atoms with Crippen molar-refractivity contribution in [1.29, 1.82) is 0 Å². The van der Waals surface area contributed by atoms with Gasteiger partial charge in [0.2, 0.25) is 0 Å². The zero-order valence-electron chi connectivity index (χ0n) is 8.97. The van der Waals surface area contributed by atoms with Crippen molar-refractivity contribution >= 4 is 23.3 Å². The summed E-state index contributed by atoms with van der Waals surface area (Å²) >= 11 is 0. The molecule has 0 aliphatic rings. The number of nitrogens with two attached hydrogens (primary N) is 1. The van der Waals surface area contributed by atoms with Crippen molar-refractivity contribution in [3.05, 3.63) is 54.7 Å². The highest BCUT2D eigenvalue weighted by Crippen LogP contribution is 2.17. The summed E-state index contributed by atoms with van der Waals surface area (Å²) in [4.78, 5) is 4.52. The fraction of sp³-hybridized carbons (Fsp3) is 0.154. The van der Waals surface area contributed by atoms with E-state index in [-0.39, 0.29) is 18.4 Å². The quantitative estimate of drug-likeness (QED) is 0.829. The third-order valence-corrected chi connectivity index (χ3v) is 2.42. The van der Waals surface area contributed by atoms with Gasteiger partial charge in [0.25, 0.3) is 0 Å². The van der Waals surface area contributed by atoms with Crippen molar-refractivity contribution in [3.63, 3.8) is 0 Å². The molecule has 16 heavy (non-hydrogen) atoms. The van der Waals surface area contributed by atoms with Gasteiger partial charge in [-0.2, -0.15) is 0 Å². The molecule has 0 fully saturated rings. The molecular weight excluding hydrogens is 220 g/mol. The Balaban J connectivity index is 0.00000128. The Morgan fingerprint density at radius 3 is 2.75 bits per heavy atom. The minimum atomic E-state index is -0.0490. The van der Waals surface area contributed by atoms with Crippen LogP contribution in [0, 0.1) is 0 Å². The maximum Gasteiger partial charge on any atom is 0.0706 e. The minimum Gasteiger partial charge on any atom is -0.322 e. The molecule has 0 saturated heterocycles. The SMILES string of the molecule is C=CC[C@@H](N)c1ccc2ccccc2n1.Cl. The summed E-state index contributed by atoms with van der Waals surface area (Å²) in [5.41, 5.74) is 7.88. The highest BCUT2D eigenvalue weighted by molar-refractivity contribution is 5.85. The second-order valence-corrected chi connectivity index (χ2v) is 3.56. The normalized spacial score (nSPS) is 11.8. The van der Waals surface area contributed by atoms with Crippen molar-refractivity contribution in [2.75, 3.05) is 0 Å². The summed E-state index contributed by atoms with van der Waals surface area (Å²) in [6.45, 7) is 3.68. The summed E-state index contributed by atoms with van der Waals surface area (Å²) in [6, 6.07) is 12.0. The maximum atomic E-state index is 5.96. The number of fused-ring (bicyclic) bond motifs is 1. The number of benzene rings is 1. The second-order valence-electron chi connectivity index (χ2n) is 3.56. The standard InChI is InChI=1S/C13H14N2.ClH/c1-2-5-11(14)13-9-8-10-6-3-4-7-12(10)15-13;/h2-4,6-9,11H,1,5,14H2;1H/t11-;/m1./s1. The fourth-order valence-corrected chi connectivity index (χ4v) is 1.59. The van der Waals surface area contributed by atoms with E-state index in [9.17, 15) is 0 Å². The Morgan fingerprint density at radius 1 is 1.25 bits per heavy atom. The van der Waals surface area contributed by atoms with Crippen molar-refractivity contribution in [2.24, 2.45) is 5.73 Å². The summed E-state index contributed by atoms with van der Waals surface area (Å²) in [6.07, 6.45) is 2.58. The molecule has 3 heteroatoms. The van der Waals surface area contributed by atoms with Crippen LogP contribution in [-0.4, -0.2) is 4.98 Å². The van der Waals surface area contributed by atoms with Crippen molar-refractivity contribution < 1.29 is 0 Å². The number of rotatable bonds is 3. The first-order valence-corrected chi connectivity index (χ1v) is 5.03. The molecule has 0 amide bonds. The molecule has 0 aliphatic carbocycles. The molecule has 84 valence electrons. The zero-order chi connectivity index (χ0) is 10.7. The number of pyridine rings is 1. The third kappa shape index (κ3) is 2.60. The third-order valence-electron chi connectivity index (χ3n) is 2.42. The molecule has 2 N–H and O–H groups in total. The molecule has 1 atom stereocenters. The van der Waals surface area contributed by atoms with Gasteiger partial charge in [0.15, 0.2) is 0 Å². The zero-order valence-corrected chi connectivity index (χ0v) is 9.78. The van der Waals surface area contributed by atoms with Gasteiger partial charge >= 0.3 is 0 Å². The summed E-state index contributed by atoms with van der Waals surface area (Å²) in [7, 11) is 0. The lowest BCUT2D eigenvalue weighted by atomic mass is 10.1. The fourth-order valence-electron chi connectivity index (χ4n) is 1.59. The molecule has 2 aromatic rings. The highest BCUT2D eigenvalue weighted by Gasteiger charge is 2.05. The summed E-state index contributed by atoms with van der Waals surface area (Å²) in [5, 5.41) is 1.15. The molecular formula is C13H15ClN2. The molecule has 0 unspecified atom stereocenters. The molecule has 1 heterocycles. The molecule has 0 bridgehead atoms. The van der Waals surface area contributed by atoms with Crippen molar-refractivity contribution in [2.45, 2.75) is 12.5 Å². The Hall–Kier alpha value is -1.38. The van der Waals surface area contributed by atoms with Gasteiger partial charge in [0.1, 0.15) is 0 Å². The van der Waals surface area contributed by atoms with Crippen LogP contribution in [-0.2, 0) is 0 Å². The minimum absolute atomic E-state index is 0. The van der Waals surface area contributed by atoms with E-state index in [1.54, 1.807) is 0 Å². The summed E-state index contributed by atoms with van der Waals surface area (Å²) in [5.74, 6) is 0. The van der Waals surface area contributed by atoms with E-state index in [4.69, 9.17) is 5.73 Å². The van der Waals surface area contributed by atoms with Gasteiger partial charge in [-0.05, 0) is 18.6 Å². The smallest absolute Gasteiger partial charge is 0.0706 e. The van der Waals surface area contributed by atoms with Gasteiger partial charge in [0, 0.05) is 5.39 Å². The monoisotopic (exact) mass is 234 g/mol. The maximum absolute atomic E-state index is 5.96. The van der Waals surface area contributed by atoms with E-state index in [1.807, 2.05) is 36.4 Å². The predicted molar refractivity (Wildman–Crippen MR) is 70.7 cm³/mol. The number of aromatic nitrogens is 1. The molecule has 0 radical (unpaired) electrons. The first-order chi connectivity index (χ1) is 7.31. The molecule has 2 nitrogen and oxygen atoms in total. The van der Waals surface area contributed by atoms with E-state index in [1.165, 1.54) is 0 Å². The van der Waals surface area contributed by atoms with Crippen LogP contribution in [0.5, 0.6) is 0 Å². The van der Waals surface area contributed by atoms with Crippen LogP contribution in [0.15, 0.2) is 49.1 Å². The van der Waals surface area contributed by atoms with Gasteiger partial charge in [-0.25, -0.2) is 0 Å². The molecule has 0 saturated carbocycles. The predicted octanol–water partition coefficient (Wildman–Crippen LogP) is 3.23. The van der Waals surface area contributed by atoms with E-state index in [0.717, 1.165) is 23.0 Å². The van der Waals surface area contributed by atoms with Gasteiger partial charge < -0.3 is 5.73 Å². The lowest BCUT2D eigenvalue weighted by molar-refractivity contribution is 0.718. The number of hydrogen-bond donors (Lipinski definition) is 1. The molecule has 1 aromatic carbocycles. The first kappa shape index (κ1) is 12.7. The Bertz CT molecular complexity index is 482. The average molecular weight is 235 g/mol. The van der Waals surface area contributed by atoms with E-state index < -0.39 is 0 Å². The van der Waals surface area contributed by atoms with Crippen LogP contribution in [0.25, 0.3) is 10.9 Å². The number of halogens is 1. The lowest BCUT2D eigenvalue weighted by Crippen LogP contribution is -2.10. The van der Waals surface area contributed by atoms with Crippen LogP contribution in [0.4, 0.5) is 0 Å². The van der Waals surface area contributed by atoms with Gasteiger partial charge in [-0.15, -0.1) is 19.0 Å². The van der Waals surface area contributed by atoms with Crippen molar-refractivity contribution in [3.8, 4) is 0 Å². The van der Waals surface area contributed by atoms with Crippen molar-refractivity contribution in [1.82, 2.24) is 4.98 Å². The van der Waals surface area contributed by atoms with Crippen LogP contribution in [0.3, 0.4) is 0 Å². The van der Waals surface area contributed by atoms with Gasteiger partial charge in [0.05, 0.1) is 17.3 Å². The van der Waals surface area contributed by atoms with Gasteiger partial charge in [-0.1, -0.05) is 30.3 Å². The number of nitrogens with zero attached hydrogens (tertiary/aromatic N) is 1. The first-order valence-electron chi connectivity index (χ1n) is 5.03. The van der Waals surface area contributed by atoms with Gasteiger partial charge in [-0.3, -0.25) is 4.98 Å². The summed E-state index contributed by atoms with van der Waals surface area (Å²) < 4.78 is 0. The van der Waals surface area contributed by atoms with Crippen LogP contribution < -0.4 is 5.73 Å². The number of para-hydroxylation sites is 1. The largest absolute Gasteiger partial charge is 0.322 e. The lowest BCUT2D eigenvalue weighted by Gasteiger charge is -2.08. The average Bonchev–Trinajstić information content (AvgIpc) is 2.29. The van der Waals surface area contributed by atoms with E-state index in [2.05, 4.69) is 17.6 Å². The topological polar surface area (TPSA) is 38.9 Å². The number of hydrogen-bond acceptors (Lipinski definition) is 2. The van der Waals surface area contributed by atoms with Crippen LogP contribution >= 0.6 is 12.4 Å². The van der Waals surface area contributed by atoms with Crippen LogP contribution in [0.1, 0.15) is 18.2 Å². The molecule has 1 aromatic heterocycles. The molecule has 0 aliphatic heterocycles. The van der Waals surface area contributed by atoms with E-state index in [0.29, 0.717) is 0 Å². The van der Waals surface area contributed by atoms with Crippen LogP contribution in [0.2, 0.25) is 0 Å². The Labute approximate surface area is 102 Å². The molecule has 0 spiro atoms. The Kier molecular flexibility index (Phi) is 4.47. The van der Waals surface area contributed by atoms with E-state index >= 15 is 0 Å². The second kappa shape index (κ2) is 5.64.